The summed E-state index contributed by atoms with van der Waals surface area (Å²) in [7, 11) is 2.12. The number of rotatable bonds is 6. The first-order chi connectivity index (χ1) is 22.7. The summed E-state index contributed by atoms with van der Waals surface area (Å²) in [6, 6.07) is 0. The summed E-state index contributed by atoms with van der Waals surface area (Å²) in [4.78, 5) is 57.8. The van der Waals surface area contributed by atoms with Gasteiger partial charge in [-0.1, -0.05) is 48.5 Å². The molecule has 1 amide bonds. The highest BCUT2D eigenvalue weighted by molar-refractivity contribution is 6.07. The zero-order valence-electron chi connectivity index (χ0n) is 32.2. The Balaban J connectivity index is 1.30. The smallest absolute Gasteiger partial charge is 0.309 e. The van der Waals surface area contributed by atoms with Crippen LogP contribution in [0.2, 0.25) is 0 Å². The third-order valence-corrected chi connectivity index (χ3v) is 16.0. The van der Waals surface area contributed by atoms with E-state index in [-0.39, 0.29) is 57.7 Å². The number of piperazine rings is 1. The van der Waals surface area contributed by atoms with Gasteiger partial charge in [0, 0.05) is 38.0 Å². The Morgan fingerprint density at radius 2 is 1.53 bits per heavy atom. The second kappa shape index (κ2) is 11.9. The third-order valence-electron chi connectivity index (χ3n) is 16.0. The number of carboxylic acid groups (broad SMARTS) is 1. The van der Waals surface area contributed by atoms with Crippen LogP contribution in [-0.4, -0.2) is 77.9 Å². The second-order valence-electron chi connectivity index (χ2n) is 19.6. The lowest BCUT2D eigenvalue weighted by Crippen LogP contribution is -2.66. The third kappa shape index (κ3) is 5.29. The van der Waals surface area contributed by atoms with Crippen LogP contribution in [0.3, 0.4) is 0 Å². The first-order valence-corrected chi connectivity index (χ1v) is 19.3. The van der Waals surface area contributed by atoms with Crippen LogP contribution in [0.15, 0.2) is 11.1 Å². The molecule has 1 heterocycles. The maximum absolute atomic E-state index is 14.7. The monoisotopic (exact) mass is 680 g/mol. The molecule has 6 aliphatic rings. The highest BCUT2D eigenvalue weighted by Gasteiger charge is 2.71. The van der Waals surface area contributed by atoms with Crippen molar-refractivity contribution < 1.29 is 29.0 Å². The minimum Gasteiger partial charge on any atom is -0.481 e. The molecular formula is C41H64N2O6. The van der Waals surface area contributed by atoms with Crippen molar-refractivity contribution in [3.8, 4) is 0 Å². The molecule has 1 aliphatic heterocycles. The van der Waals surface area contributed by atoms with E-state index in [1.807, 2.05) is 0 Å². The van der Waals surface area contributed by atoms with Gasteiger partial charge in [-0.3, -0.25) is 19.2 Å². The highest BCUT2D eigenvalue weighted by Crippen LogP contribution is 2.77. The van der Waals surface area contributed by atoms with Gasteiger partial charge in [-0.05, 0) is 123 Å². The number of ether oxygens (including phenoxy) is 1. The van der Waals surface area contributed by atoms with Gasteiger partial charge in [0.05, 0.1) is 17.3 Å². The average Bonchev–Trinajstić information content (AvgIpc) is 3.32. The highest BCUT2D eigenvalue weighted by atomic mass is 16.5. The molecule has 1 N–H and O–H groups in total. The number of aliphatic carboxylic acids is 1. The van der Waals surface area contributed by atoms with Crippen molar-refractivity contribution in [3.63, 3.8) is 0 Å². The number of likely N-dealkylation sites (N-methyl/N-ethyl adjacent to an activating group) is 1. The molecule has 5 fully saturated rings. The van der Waals surface area contributed by atoms with E-state index in [1.165, 1.54) is 5.57 Å². The Morgan fingerprint density at radius 3 is 2.14 bits per heavy atom. The SMILES string of the molecule is CC(C)C1=C2[C@H]3CCC4[C@@]5(C)CC[C@H](OC(=O)CC(C)(C)C(=O)O)C(C)(C)C5CC[C@@]4(C)[C@]3(C)CC[C@@]2(C(=O)N2CCN(C)CC2)CC1=O. The van der Waals surface area contributed by atoms with Crippen molar-refractivity contribution in [2.45, 2.75) is 133 Å². The van der Waals surface area contributed by atoms with E-state index in [0.717, 1.165) is 83.1 Å². The molecule has 0 bridgehead atoms. The number of carbonyl (C=O) groups is 4. The second-order valence-corrected chi connectivity index (χ2v) is 19.6. The predicted molar refractivity (Wildman–Crippen MR) is 189 cm³/mol. The molecule has 1 saturated heterocycles. The summed E-state index contributed by atoms with van der Waals surface area (Å²) in [6.07, 6.45) is 7.70. The Bertz CT molecular complexity index is 1440. The largest absolute Gasteiger partial charge is 0.481 e. The van der Waals surface area contributed by atoms with Crippen LogP contribution in [0.1, 0.15) is 127 Å². The minimum absolute atomic E-state index is 0.0221. The fourth-order valence-corrected chi connectivity index (χ4v) is 13.0. The summed E-state index contributed by atoms with van der Waals surface area (Å²) in [5, 5.41) is 9.59. The summed E-state index contributed by atoms with van der Waals surface area (Å²) in [5.74, 6) is 0.209. The molecule has 8 nitrogen and oxygen atoms in total. The summed E-state index contributed by atoms with van der Waals surface area (Å²) < 4.78 is 6.16. The molecule has 274 valence electrons. The van der Waals surface area contributed by atoms with Crippen LogP contribution >= 0.6 is 0 Å². The Hall–Kier alpha value is -2.22. The molecule has 0 spiro atoms. The molecule has 8 heteroatoms. The van der Waals surface area contributed by atoms with Crippen molar-refractivity contribution in [2.75, 3.05) is 33.2 Å². The van der Waals surface area contributed by atoms with Gasteiger partial charge in [0.1, 0.15) is 6.10 Å². The molecular weight excluding hydrogens is 616 g/mol. The first kappa shape index (κ1) is 36.6. The number of allylic oxidation sites excluding steroid dienone is 1. The quantitative estimate of drug-likeness (QED) is 0.297. The molecule has 49 heavy (non-hydrogen) atoms. The van der Waals surface area contributed by atoms with E-state index in [1.54, 1.807) is 13.8 Å². The molecule has 8 atom stereocenters. The maximum Gasteiger partial charge on any atom is 0.309 e. The number of ketones is 1. The van der Waals surface area contributed by atoms with Crippen LogP contribution in [0.25, 0.3) is 0 Å². The van der Waals surface area contributed by atoms with Gasteiger partial charge in [0.2, 0.25) is 5.91 Å². The lowest BCUT2D eigenvalue weighted by Gasteiger charge is -2.72. The number of hydrogen-bond donors (Lipinski definition) is 1. The summed E-state index contributed by atoms with van der Waals surface area (Å²) in [5.41, 5.74) is 0.219. The van der Waals surface area contributed by atoms with Crippen LogP contribution in [0.4, 0.5) is 0 Å². The van der Waals surface area contributed by atoms with Crippen molar-refractivity contribution in [1.29, 1.82) is 0 Å². The van der Waals surface area contributed by atoms with Crippen LogP contribution < -0.4 is 0 Å². The summed E-state index contributed by atoms with van der Waals surface area (Å²) >= 11 is 0. The predicted octanol–water partition coefficient (Wildman–Crippen LogP) is 7.15. The van der Waals surface area contributed by atoms with E-state index in [4.69, 9.17) is 4.74 Å². The fraction of sp³-hybridized carbons (Fsp3) is 0.854. The lowest BCUT2D eigenvalue weighted by molar-refractivity contribution is -0.233. The molecule has 0 radical (unpaired) electrons. The standard InChI is InChI=1S/C41H64N2O6/c1-25(2)32-27(44)23-41(34(46)43-21-19-42(10)20-22-43)18-17-39(8)26(33(32)41)11-12-29-38(7)15-14-30(49-31(45)24-36(3,4)35(47)48)37(5,6)28(38)13-16-40(29,39)9/h25-26,28-30H,11-24H2,1-10H3,(H,47,48)/t26-,28?,29?,30+,38+,39-,40-,41-/m1/s1. The average molecular weight is 681 g/mol. The van der Waals surface area contributed by atoms with E-state index < -0.39 is 22.8 Å². The minimum atomic E-state index is -1.16. The summed E-state index contributed by atoms with van der Waals surface area (Å²) in [6.45, 7) is 22.8. The Morgan fingerprint density at radius 1 is 0.878 bits per heavy atom. The van der Waals surface area contributed by atoms with Gasteiger partial charge in [-0.15, -0.1) is 0 Å². The van der Waals surface area contributed by atoms with E-state index >= 15 is 0 Å². The molecule has 5 aliphatic carbocycles. The number of nitrogens with zero attached hydrogens (tertiary/aromatic N) is 2. The number of fused-ring (bicyclic) bond motifs is 7. The van der Waals surface area contributed by atoms with Gasteiger partial charge >= 0.3 is 11.9 Å². The number of hydrogen-bond acceptors (Lipinski definition) is 6. The molecule has 0 aromatic heterocycles. The maximum atomic E-state index is 14.7. The van der Waals surface area contributed by atoms with E-state index in [0.29, 0.717) is 18.3 Å². The first-order valence-electron chi connectivity index (χ1n) is 19.3. The number of Topliss-reactive ketones (excluding diaryl/α,β-unsaturated/α-hetero) is 1. The van der Waals surface area contributed by atoms with Gasteiger partial charge in [0.25, 0.3) is 0 Å². The Kier molecular flexibility index (Phi) is 8.89. The lowest BCUT2D eigenvalue weighted by atomic mass is 9.33. The molecule has 0 aromatic rings. The van der Waals surface area contributed by atoms with E-state index in [9.17, 15) is 24.3 Å². The topological polar surface area (TPSA) is 104 Å². The van der Waals surface area contributed by atoms with Crippen molar-refractivity contribution in [2.24, 2.45) is 56.2 Å². The van der Waals surface area contributed by atoms with Gasteiger partial charge in [-0.25, -0.2) is 0 Å². The Labute approximate surface area is 295 Å². The zero-order chi connectivity index (χ0) is 36.1. The van der Waals surface area contributed by atoms with Gasteiger partial charge in [-0.2, -0.15) is 0 Å². The van der Waals surface area contributed by atoms with Crippen molar-refractivity contribution >= 4 is 23.6 Å². The number of esters is 1. The number of carboxylic acids is 1. The number of amides is 1. The van der Waals surface area contributed by atoms with Gasteiger partial charge < -0.3 is 19.6 Å². The normalized spacial score (nSPS) is 40.7. The number of carbonyl (C=O) groups excluding carboxylic acids is 3. The molecule has 2 unspecified atom stereocenters. The molecule has 4 saturated carbocycles. The molecule has 6 rings (SSSR count). The zero-order valence-corrected chi connectivity index (χ0v) is 32.2. The van der Waals surface area contributed by atoms with Crippen LogP contribution in [0, 0.1) is 56.2 Å². The van der Waals surface area contributed by atoms with Crippen LogP contribution in [0.5, 0.6) is 0 Å². The van der Waals surface area contributed by atoms with Crippen LogP contribution in [-0.2, 0) is 23.9 Å². The molecule has 0 aromatic carbocycles. The van der Waals surface area contributed by atoms with Crippen molar-refractivity contribution in [1.82, 2.24) is 9.80 Å². The van der Waals surface area contributed by atoms with E-state index in [2.05, 4.69) is 65.3 Å². The van der Waals surface area contributed by atoms with Crippen molar-refractivity contribution in [3.05, 3.63) is 11.1 Å². The fourth-order valence-electron chi connectivity index (χ4n) is 13.0. The van der Waals surface area contributed by atoms with Gasteiger partial charge in [0.15, 0.2) is 5.78 Å².